The molecule has 0 radical (unpaired) electrons. The van der Waals surface area contributed by atoms with Crippen LogP contribution in [-0.4, -0.2) is 41.1 Å². The van der Waals surface area contributed by atoms with Gasteiger partial charge in [0.15, 0.2) is 0 Å². The standard InChI is InChI=1S/C17H24N2O2/c1-12(17(20)21)18-16-8-7-14-10-19(11-15(14)16)9-13-5-3-2-4-6-13/h2-6,12,14-16,18H,7-11H2,1H3,(H,20,21). The van der Waals surface area contributed by atoms with Crippen molar-refractivity contribution in [1.82, 2.24) is 10.2 Å². The predicted octanol–water partition coefficient (Wildman–Crippen LogP) is 1.96. The second kappa shape index (κ2) is 6.16. The Labute approximate surface area is 126 Å². The first-order valence-corrected chi connectivity index (χ1v) is 7.88. The molecule has 0 spiro atoms. The van der Waals surface area contributed by atoms with Crippen LogP contribution in [0.1, 0.15) is 25.3 Å². The molecule has 21 heavy (non-hydrogen) atoms. The normalized spacial score (nSPS) is 30.2. The van der Waals surface area contributed by atoms with Crippen LogP contribution >= 0.6 is 0 Å². The lowest BCUT2D eigenvalue weighted by molar-refractivity contribution is -0.139. The maximum Gasteiger partial charge on any atom is 0.320 e. The molecular weight excluding hydrogens is 264 g/mol. The van der Waals surface area contributed by atoms with Crippen LogP contribution in [0.15, 0.2) is 30.3 Å². The molecule has 2 N–H and O–H groups in total. The Morgan fingerprint density at radius 1 is 1.33 bits per heavy atom. The molecule has 2 aliphatic rings. The smallest absolute Gasteiger partial charge is 0.320 e. The maximum atomic E-state index is 11.0. The minimum Gasteiger partial charge on any atom is -0.480 e. The molecule has 3 rings (SSSR count). The molecule has 0 bridgehead atoms. The van der Waals surface area contributed by atoms with Crippen molar-refractivity contribution in [3.05, 3.63) is 35.9 Å². The van der Waals surface area contributed by atoms with E-state index >= 15 is 0 Å². The lowest BCUT2D eigenvalue weighted by Gasteiger charge is -2.23. The highest BCUT2D eigenvalue weighted by molar-refractivity contribution is 5.72. The van der Waals surface area contributed by atoms with Crippen LogP contribution in [0.5, 0.6) is 0 Å². The quantitative estimate of drug-likeness (QED) is 0.869. The topological polar surface area (TPSA) is 52.6 Å². The van der Waals surface area contributed by atoms with E-state index in [0.29, 0.717) is 12.0 Å². The average Bonchev–Trinajstić information content (AvgIpc) is 3.01. The fourth-order valence-corrected chi connectivity index (χ4v) is 3.93. The molecule has 4 unspecified atom stereocenters. The van der Waals surface area contributed by atoms with Crippen LogP contribution in [0.3, 0.4) is 0 Å². The van der Waals surface area contributed by atoms with E-state index in [0.717, 1.165) is 32.0 Å². The fourth-order valence-electron chi connectivity index (χ4n) is 3.93. The third kappa shape index (κ3) is 3.27. The summed E-state index contributed by atoms with van der Waals surface area (Å²) in [6.45, 7) is 4.99. The predicted molar refractivity (Wildman–Crippen MR) is 82.0 cm³/mol. The van der Waals surface area contributed by atoms with Crippen molar-refractivity contribution < 1.29 is 9.90 Å². The van der Waals surface area contributed by atoms with Gasteiger partial charge in [0.25, 0.3) is 0 Å². The average molecular weight is 288 g/mol. The Kier molecular flexibility index (Phi) is 4.27. The molecule has 1 saturated carbocycles. The van der Waals surface area contributed by atoms with Gasteiger partial charge < -0.3 is 10.4 Å². The summed E-state index contributed by atoms with van der Waals surface area (Å²) in [5.41, 5.74) is 1.36. The molecule has 4 nitrogen and oxygen atoms in total. The van der Waals surface area contributed by atoms with Crippen LogP contribution in [0.4, 0.5) is 0 Å². The Bertz CT molecular complexity index is 491. The fraction of sp³-hybridized carbons (Fsp3) is 0.588. The van der Waals surface area contributed by atoms with Gasteiger partial charge in [-0.1, -0.05) is 30.3 Å². The van der Waals surface area contributed by atoms with Gasteiger partial charge in [-0.25, -0.2) is 0 Å². The van der Waals surface area contributed by atoms with Gasteiger partial charge in [-0.3, -0.25) is 9.69 Å². The number of fused-ring (bicyclic) bond motifs is 1. The Balaban J connectivity index is 1.57. The van der Waals surface area contributed by atoms with Gasteiger partial charge in [-0.2, -0.15) is 0 Å². The Morgan fingerprint density at radius 2 is 2.10 bits per heavy atom. The number of benzene rings is 1. The largest absolute Gasteiger partial charge is 0.480 e. The van der Waals surface area contributed by atoms with E-state index in [2.05, 4.69) is 40.5 Å². The summed E-state index contributed by atoms with van der Waals surface area (Å²) in [7, 11) is 0. The summed E-state index contributed by atoms with van der Waals surface area (Å²) in [6, 6.07) is 10.5. The van der Waals surface area contributed by atoms with Crippen molar-refractivity contribution in [1.29, 1.82) is 0 Å². The highest BCUT2D eigenvalue weighted by atomic mass is 16.4. The van der Waals surface area contributed by atoms with Gasteiger partial charge in [0.1, 0.15) is 6.04 Å². The highest BCUT2D eigenvalue weighted by Gasteiger charge is 2.42. The first kappa shape index (κ1) is 14.5. The molecule has 4 atom stereocenters. The van der Waals surface area contributed by atoms with E-state index in [1.807, 2.05) is 0 Å². The minimum absolute atomic E-state index is 0.363. The number of carboxylic acids is 1. The molecule has 1 aliphatic carbocycles. The molecular formula is C17H24N2O2. The number of carbonyl (C=O) groups is 1. The van der Waals surface area contributed by atoms with E-state index in [1.54, 1.807) is 6.92 Å². The number of nitrogens with one attached hydrogen (secondary N) is 1. The molecule has 1 aromatic carbocycles. The number of rotatable bonds is 5. The van der Waals surface area contributed by atoms with E-state index in [1.165, 1.54) is 12.0 Å². The molecule has 114 valence electrons. The molecule has 0 aromatic heterocycles. The highest BCUT2D eigenvalue weighted by Crippen LogP contribution is 2.38. The van der Waals surface area contributed by atoms with Gasteiger partial charge in [0.05, 0.1) is 0 Å². The zero-order chi connectivity index (χ0) is 14.8. The van der Waals surface area contributed by atoms with Crippen LogP contribution in [0, 0.1) is 11.8 Å². The third-order valence-electron chi connectivity index (χ3n) is 5.02. The number of hydrogen-bond acceptors (Lipinski definition) is 3. The van der Waals surface area contributed by atoms with Gasteiger partial charge >= 0.3 is 5.97 Å². The monoisotopic (exact) mass is 288 g/mol. The summed E-state index contributed by atoms with van der Waals surface area (Å²) in [5.74, 6) is 0.584. The minimum atomic E-state index is -0.752. The summed E-state index contributed by atoms with van der Waals surface area (Å²) in [5, 5.41) is 12.4. The van der Waals surface area contributed by atoms with Gasteiger partial charge in [-0.15, -0.1) is 0 Å². The number of likely N-dealkylation sites (tertiary alicyclic amines) is 1. The maximum absolute atomic E-state index is 11.0. The van der Waals surface area contributed by atoms with Crippen molar-refractivity contribution in [2.45, 2.75) is 38.4 Å². The van der Waals surface area contributed by atoms with Crippen LogP contribution in [0.2, 0.25) is 0 Å². The van der Waals surface area contributed by atoms with Crippen molar-refractivity contribution >= 4 is 5.97 Å². The zero-order valence-corrected chi connectivity index (χ0v) is 12.5. The summed E-state index contributed by atoms with van der Waals surface area (Å²) in [6.07, 6.45) is 2.34. The first-order chi connectivity index (χ1) is 10.1. The molecule has 1 saturated heterocycles. The first-order valence-electron chi connectivity index (χ1n) is 7.88. The molecule has 1 aliphatic heterocycles. The van der Waals surface area contributed by atoms with Crippen LogP contribution < -0.4 is 5.32 Å². The SMILES string of the molecule is CC(NC1CCC2CN(Cc3ccccc3)CC21)C(=O)O. The van der Waals surface area contributed by atoms with E-state index < -0.39 is 12.0 Å². The summed E-state index contributed by atoms with van der Waals surface area (Å²) >= 11 is 0. The lowest BCUT2D eigenvalue weighted by atomic mass is 9.97. The van der Waals surface area contributed by atoms with E-state index in [4.69, 9.17) is 5.11 Å². The van der Waals surface area contributed by atoms with Crippen molar-refractivity contribution in [2.24, 2.45) is 11.8 Å². The van der Waals surface area contributed by atoms with E-state index in [9.17, 15) is 4.79 Å². The summed E-state index contributed by atoms with van der Waals surface area (Å²) < 4.78 is 0. The summed E-state index contributed by atoms with van der Waals surface area (Å²) in [4.78, 5) is 13.5. The second-order valence-corrected chi connectivity index (χ2v) is 6.51. The number of hydrogen-bond donors (Lipinski definition) is 2. The van der Waals surface area contributed by atoms with Crippen molar-refractivity contribution in [3.8, 4) is 0 Å². The second-order valence-electron chi connectivity index (χ2n) is 6.51. The number of carboxylic acid groups (broad SMARTS) is 1. The molecule has 1 heterocycles. The number of aliphatic carboxylic acids is 1. The molecule has 0 amide bonds. The Hall–Kier alpha value is -1.39. The zero-order valence-electron chi connectivity index (χ0n) is 12.5. The van der Waals surface area contributed by atoms with Crippen LogP contribution in [-0.2, 0) is 11.3 Å². The van der Waals surface area contributed by atoms with Gasteiger partial charge in [-0.05, 0) is 37.2 Å². The van der Waals surface area contributed by atoms with Gasteiger partial charge in [0.2, 0.25) is 0 Å². The lowest BCUT2D eigenvalue weighted by Crippen LogP contribution is -2.44. The third-order valence-corrected chi connectivity index (χ3v) is 5.02. The van der Waals surface area contributed by atoms with Gasteiger partial charge in [0, 0.05) is 25.7 Å². The number of nitrogens with zero attached hydrogens (tertiary/aromatic N) is 1. The van der Waals surface area contributed by atoms with E-state index in [-0.39, 0.29) is 0 Å². The Morgan fingerprint density at radius 3 is 2.81 bits per heavy atom. The molecule has 1 aromatic rings. The molecule has 4 heteroatoms. The van der Waals surface area contributed by atoms with Crippen LogP contribution in [0.25, 0.3) is 0 Å². The van der Waals surface area contributed by atoms with Crippen molar-refractivity contribution in [3.63, 3.8) is 0 Å². The van der Waals surface area contributed by atoms with Crippen molar-refractivity contribution in [2.75, 3.05) is 13.1 Å². The molecule has 2 fully saturated rings.